The van der Waals surface area contributed by atoms with E-state index in [9.17, 15) is 5.11 Å². The predicted molar refractivity (Wildman–Crippen MR) is 66.9 cm³/mol. The van der Waals surface area contributed by atoms with Gasteiger partial charge in [-0.1, -0.05) is 17.7 Å². The average Bonchev–Trinajstić information content (AvgIpc) is 2.33. The number of hydrogen-bond donors (Lipinski definition) is 3. The normalized spacial score (nSPS) is 10.2. The van der Waals surface area contributed by atoms with Gasteiger partial charge in [0.25, 0.3) is 0 Å². The standard InChI is InChI=1S/C11H11ClN4O/c12-10-5-16-11(6-14-10)15-4-7-1-2-8(13)9(17)3-7/h1-3,5-6,17H,4,13H2,(H,15,16). The van der Waals surface area contributed by atoms with Crippen LogP contribution in [0.5, 0.6) is 5.75 Å². The van der Waals surface area contributed by atoms with Crippen molar-refractivity contribution in [3.8, 4) is 5.75 Å². The number of anilines is 2. The summed E-state index contributed by atoms with van der Waals surface area (Å²) in [4.78, 5) is 7.93. The number of rotatable bonds is 3. The first kappa shape index (κ1) is 11.5. The van der Waals surface area contributed by atoms with Gasteiger partial charge in [0, 0.05) is 6.54 Å². The summed E-state index contributed by atoms with van der Waals surface area (Å²) in [5.74, 6) is 0.692. The summed E-state index contributed by atoms with van der Waals surface area (Å²) in [6, 6.07) is 5.08. The highest BCUT2D eigenvalue weighted by molar-refractivity contribution is 6.29. The lowest BCUT2D eigenvalue weighted by Crippen LogP contribution is -2.01. The maximum Gasteiger partial charge on any atom is 0.147 e. The Kier molecular flexibility index (Phi) is 3.30. The lowest BCUT2D eigenvalue weighted by molar-refractivity contribution is 0.477. The number of phenols is 1. The van der Waals surface area contributed by atoms with Gasteiger partial charge in [-0.3, -0.25) is 0 Å². The molecule has 4 N–H and O–H groups in total. The van der Waals surface area contributed by atoms with E-state index >= 15 is 0 Å². The molecule has 0 amide bonds. The molecule has 0 radical (unpaired) electrons. The van der Waals surface area contributed by atoms with Crippen molar-refractivity contribution in [2.45, 2.75) is 6.54 Å². The number of nitrogens with two attached hydrogens (primary N) is 1. The number of nitrogens with zero attached hydrogens (tertiary/aromatic N) is 2. The van der Waals surface area contributed by atoms with E-state index in [0.717, 1.165) is 5.56 Å². The molecule has 0 aliphatic heterocycles. The van der Waals surface area contributed by atoms with Gasteiger partial charge < -0.3 is 16.2 Å². The van der Waals surface area contributed by atoms with Gasteiger partial charge in [-0.2, -0.15) is 0 Å². The summed E-state index contributed by atoms with van der Waals surface area (Å²) in [6.45, 7) is 0.518. The van der Waals surface area contributed by atoms with E-state index in [1.54, 1.807) is 18.3 Å². The van der Waals surface area contributed by atoms with Crippen LogP contribution < -0.4 is 11.1 Å². The van der Waals surface area contributed by atoms with E-state index in [-0.39, 0.29) is 5.75 Å². The van der Waals surface area contributed by atoms with Gasteiger partial charge in [0.2, 0.25) is 0 Å². The first-order valence-electron chi connectivity index (χ1n) is 4.94. The predicted octanol–water partition coefficient (Wildman–Crippen LogP) is 2.03. The van der Waals surface area contributed by atoms with Crippen molar-refractivity contribution < 1.29 is 5.11 Å². The van der Waals surface area contributed by atoms with Gasteiger partial charge in [-0.05, 0) is 17.7 Å². The lowest BCUT2D eigenvalue weighted by atomic mass is 10.2. The summed E-state index contributed by atoms with van der Waals surface area (Å²) in [6.07, 6.45) is 3.00. The zero-order valence-electron chi connectivity index (χ0n) is 8.89. The van der Waals surface area contributed by atoms with E-state index in [1.165, 1.54) is 6.20 Å². The molecule has 1 aromatic carbocycles. The molecule has 0 bridgehead atoms. The van der Waals surface area contributed by atoms with Gasteiger partial charge in [0.05, 0.1) is 18.1 Å². The molecular weight excluding hydrogens is 240 g/mol. The first-order valence-corrected chi connectivity index (χ1v) is 5.32. The van der Waals surface area contributed by atoms with E-state index in [4.69, 9.17) is 17.3 Å². The number of nitrogens with one attached hydrogen (secondary N) is 1. The van der Waals surface area contributed by atoms with Crippen LogP contribution in [0.4, 0.5) is 11.5 Å². The monoisotopic (exact) mass is 250 g/mol. The fourth-order valence-corrected chi connectivity index (χ4v) is 1.39. The van der Waals surface area contributed by atoms with Crippen molar-refractivity contribution in [1.82, 2.24) is 9.97 Å². The minimum atomic E-state index is 0.0755. The molecule has 88 valence electrons. The molecule has 0 spiro atoms. The van der Waals surface area contributed by atoms with Crippen LogP contribution >= 0.6 is 11.6 Å². The molecule has 0 aliphatic rings. The number of nitrogen functional groups attached to an aromatic ring is 1. The molecule has 0 unspecified atom stereocenters. The molecule has 6 heteroatoms. The van der Waals surface area contributed by atoms with E-state index in [2.05, 4.69) is 15.3 Å². The van der Waals surface area contributed by atoms with Gasteiger partial charge >= 0.3 is 0 Å². The van der Waals surface area contributed by atoms with Crippen molar-refractivity contribution in [2.24, 2.45) is 0 Å². The maximum atomic E-state index is 9.44. The van der Waals surface area contributed by atoms with Crippen LogP contribution in [-0.4, -0.2) is 15.1 Å². The second-order valence-electron chi connectivity index (χ2n) is 3.47. The number of aromatic hydroxyl groups is 1. The van der Waals surface area contributed by atoms with Crippen LogP contribution in [0.3, 0.4) is 0 Å². The Balaban J connectivity index is 2.02. The van der Waals surface area contributed by atoms with Crippen LogP contribution in [0, 0.1) is 0 Å². The van der Waals surface area contributed by atoms with Gasteiger partial charge in [0.15, 0.2) is 0 Å². The summed E-state index contributed by atoms with van der Waals surface area (Å²) >= 11 is 5.62. The van der Waals surface area contributed by atoms with E-state index in [0.29, 0.717) is 23.2 Å². The minimum Gasteiger partial charge on any atom is -0.506 e. The summed E-state index contributed by atoms with van der Waals surface area (Å²) < 4.78 is 0. The largest absolute Gasteiger partial charge is 0.506 e. The topological polar surface area (TPSA) is 84.1 Å². The third-order valence-electron chi connectivity index (χ3n) is 2.19. The second-order valence-corrected chi connectivity index (χ2v) is 3.86. The fourth-order valence-electron chi connectivity index (χ4n) is 1.30. The van der Waals surface area contributed by atoms with Gasteiger partial charge in [-0.15, -0.1) is 0 Å². The number of benzene rings is 1. The number of aromatic nitrogens is 2. The fraction of sp³-hybridized carbons (Fsp3) is 0.0909. The van der Waals surface area contributed by atoms with Crippen molar-refractivity contribution in [2.75, 3.05) is 11.1 Å². The van der Waals surface area contributed by atoms with Crippen LogP contribution in [0.15, 0.2) is 30.6 Å². The van der Waals surface area contributed by atoms with Crippen LogP contribution in [-0.2, 0) is 6.54 Å². The highest BCUT2D eigenvalue weighted by Gasteiger charge is 2.00. The Morgan fingerprint density at radius 1 is 1.29 bits per heavy atom. The molecule has 17 heavy (non-hydrogen) atoms. The Morgan fingerprint density at radius 3 is 2.76 bits per heavy atom. The van der Waals surface area contributed by atoms with Gasteiger partial charge in [-0.25, -0.2) is 9.97 Å². The molecule has 1 heterocycles. The minimum absolute atomic E-state index is 0.0755. The molecule has 2 rings (SSSR count). The molecule has 2 aromatic rings. The summed E-state index contributed by atoms with van der Waals surface area (Å²) in [7, 11) is 0. The van der Waals surface area contributed by atoms with Crippen LogP contribution in [0.25, 0.3) is 0 Å². The molecule has 1 aromatic heterocycles. The number of phenolic OH excluding ortho intramolecular Hbond substituents is 1. The Morgan fingerprint density at radius 2 is 2.12 bits per heavy atom. The SMILES string of the molecule is Nc1ccc(CNc2cnc(Cl)cn2)cc1O. The number of hydrogen-bond acceptors (Lipinski definition) is 5. The third kappa shape index (κ3) is 2.98. The summed E-state index contributed by atoms with van der Waals surface area (Å²) in [5.41, 5.74) is 6.76. The highest BCUT2D eigenvalue weighted by Crippen LogP contribution is 2.21. The van der Waals surface area contributed by atoms with E-state index in [1.807, 2.05) is 6.07 Å². The van der Waals surface area contributed by atoms with Crippen molar-refractivity contribution in [3.63, 3.8) is 0 Å². The molecule has 0 saturated carbocycles. The molecule has 0 atom stereocenters. The maximum absolute atomic E-state index is 9.44. The number of halogens is 1. The zero-order valence-corrected chi connectivity index (χ0v) is 9.65. The van der Waals surface area contributed by atoms with Crippen LogP contribution in [0.1, 0.15) is 5.56 Å². The molecule has 0 aliphatic carbocycles. The van der Waals surface area contributed by atoms with Crippen LogP contribution in [0.2, 0.25) is 5.15 Å². The average molecular weight is 251 g/mol. The Bertz CT molecular complexity index is 515. The molecule has 5 nitrogen and oxygen atoms in total. The Hall–Kier alpha value is -2.01. The smallest absolute Gasteiger partial charge is 0.147 e. The van der Waals surface area contributed by atoms with E-state index < -0.39 is 0 Å². The summed E-state index contributed by atoms with van der Waals surface area (Å²) in [5, 5.41) is 12.8. The van der Waals surface area contributed by atoms with Crippen molar-refractivity contribution >= 4 is 23.1 Å². The third-order valence-corrected chi connectivity index (χ3v) is 2.38. The zero-order chi connectivity index (χ0) is 12.3. The first-order chi connectivity index (χ1) is 8.15. The molecule has 0 fully saturated rings. The van der Waals surface area contributed by atoms with Crippen molar-refractivity contribution in [3.05, 3.63) is 41.3 Å². The quantitative estimate of drug-likeness (QED) is 0.573. The molecular formula is C11H11ClN4O. The van der Waals surface area contributed by atoms with Gasteiger partial charge in [0.1, 0.15) is 16.7 Å². The highest BCUT2D eigenvalue weighted by atomic mass is 35.5. The van der Waals surface area contributed by atoms with Crippen molar-refractivity contribution in [1.29, 1.82) is 0 Å². The second kappa shape index (κ2) is 4.88. The molecule has 0 saturated heterocycles. The lowest BCUT2D eigenvalue weighted by Gasteiger charge is -2.06. The Labute approximate surface area is 103 Å².